The number of ether oxygens (including phenoxy) is 6. The number of benzene rings is 5. The van der Waals surface area contributed by atoms with Gasteiger partial charge >= 0.3 is 6.09 Å². The van der Waals surface area contributed by atoms with E-state index in [0.29, 0.717) is 75.0 Å². The number of aromatic nitrogens is 12. The zero-order valence-corrected chi connectivity index (χ0v) is 72.7. The molecule has 4 atom stereocenters. The second kappa shape index (κ2) is 43.9. The van der Waals surface area contributed by atoms with Gasteiger partial charge in [0.15, 0.2) is 22.6 Å². The molecule has 2 saturated heterocycles. The maximum atomic E-state index is 11.8. The second-order valence-electron chi connectivity index (χ2n) is 28.8. The van der Waals surface area contributed by atoms with Crippen molar-refractivity contribution in [2.45, 2.75) is 75.7 Å². The number of piperazine rings is 1. The predicted octanol–water partition coefficient (Wildman–Crippen LogP) is 13.2. The molecule has 3 fully saturated rings. The molecule has 5 aromatic carbocycles. The summed E-state index contributed by atoms with van der Waals surface area (Å²) in [5.74, 6) is 5.82. The van der Waals surface area contributed by atoms with Crippen molar-refractivity contribution in [3.05, 3.63) is 199 Å². The second-order valence-corrected chi connectivity index (χ2v) is 32.9. The summed E-state index contributed by atoms with van der Waals surface area (Å²) < 4.78 is 36.6. The molecule has 29 nitrogen and oxygen atoms in total. The molecule has 2 aliphatic heterocycles. The lowest BCUT2D eigenvalue weighted by atomic mass is 10.1. The van der Waals surface area contributed by atoms with Crippen LogP contribution < -0.4 is 34.9 Å². The van der Waals surface area contributed by atoms with E-state index in [9.17, 15) is 25.2 Å². The van der Waals surface area contributed by atoms with Gasteiger partial charge in [0.25, 0.3) is 0 Å². The first-order chi connectivity index (χ1) is 57.8. The van der Waals surface area contributed by atoms with Crippen LogP contribution in [0.15, 0.2) is 188 Å². The number of nitrogens with one attached hydrogen (secondary N) is 7. The normalized spacial score (nSPS) is 15.0. The average molecular weight is 1900 g/mol. The largest absolute Gasteiger partial charge is 0.491 e. The highest BCUT2D eigenvalue weighted by Crippen LogP contribution is 2.30. The van der Waals surface area contributed by atoms with Crippen LogP contribution in [0, 0.1) is 0 Å². The number of amides is 1. The van der Waals surface area contributed by atoms with Crippen molar-refractivity contribution >= 4 is 126 Å². The zero-order valence-electron chi connectivity index (χ0n) is 65.6. The van der Waals surface area contributed by atoms with Crippen LogP contribution in [0.2, 0.25) is 5.02 Å². The van der Waals surface area contributed by atoms with E-state index in [-0.39, 0.29) is 38.6 Å². The topological polar surface area (TPSA) is 365 Å². The van der Waals surface area contributed by atoms with Gasteiger partial charge in [0.2, 0.25) is 0 Å². The lowest BCUT2D eigenvalue weighted by Gasteiger charge is -2.35. The first-order valence-electron chi connectivity index (χ1n) is 39.3. The van der Waals surface area contributed by atoms with Crippen molar-refractivity contribution in [3.8, 4) is 68.5 Å². The van der Waals surface area contributed by atoms with E-state index in [2.05, 4.69) is 149 Å². The molecular weight excluding hydrogens is 1800 g/mol. The number of imidazole rings is 4. The molecule has 1 saturated carbocycles. The number of fused-ring (bicyclic) bond motifs is 4. The number of aliphatic hydroxyl groups is 4. The average Bonchev–Trinajstić information content (AvgIpc) is 1.69. The Bertz CT molecular complexity index is 5350. The van der Waals surface area contributed by atoms with Gasteiger partial charge in [-0.05, 0) is 235 Å². The number of methoxy groups -OCH3 is 1. The molecule has 1 aliphatic carbocycles. The summed E-state index contributed by atoms with van der Waals surface area (Å²) >= 11 is 19.6. The summed E-state index contributed by atoms with van der Waals surface area (Å²) in [4.78, 5) is 66.6. The number of carbonyl (C=O) groups is 1. The SMILES string of the molecule is CCOC(=O)N1CCC(NCC(O)COc2ccc(-c3nc4cc(Br)cnc4[nH]3)cc2)CC1.COCCN1CCN(CC(O)COc2ccc(-c3nc4cc(Br)cnc4[nH]3)cc2)CC1.OC(CNC1CC1)COc1ccc(-c2nc3cc(Br)cnc3[nH]2)cc1.OC(CNCc1cccc(Cl)c1)COc1ccc(-c2nc3cc(Br)cnc3[nH]2)cc1. The molecule has 16 rings (SSSR count). The Kier molecular flexibility index (Phi) is 32.3. The number of aromatic amines is 4. The molecule has 0 radical (unpaired) electrons. The number of hydrogen-bond donors (Lipinski definition) is 11. The number of rotatable bonds is 32. The maximum Gasteiger partial charge on any atom is 0.409 e. The number of nitrogens with zero attached hydrogens (tertiary/aromatic N) is 11. The van der Waals surface area contributed by atoms with Gasteiger partial charge in [0.05, 0.1) is 13.2 Å². The molecule has 34 heteroatoms. The van der Waals surface area contributed by atoms with E-state index in [1.807, 2.05) is 153 Å². The molecule has 1 amide bonds. The van der Waals surface area contributed by atoms with Crippen molar-refractivity contribution in [3.63, 3.8) is 0 Å². The number of carbonyl (C=O) groups excluding carboxylic acids is 1. The van der Waals surface area contributed by atoms with E-state index < -0.39 is 24.4 Å². The number of hydrogen-bond acceptors (Lipinski definition) is 24. The summed E-state index contributed by atoms with van der Waals surface area (Å²) in [7, 11) is 1.73. The third-order valence-electron chi connectivity index (χ3n) is 19.5. The lowest BCUT2D eigenvalue weighted by molar-refractivity contribution is 0.0405. The molecule has 8 aromatic heterocycles. The highest BCUT2D eigenvalue weighted by molar-refractivity contribution is 9.11. The van der Waals surface area contributed by atoms with E-state index >= 15 is 0 Å². The summed E-state index contributed by atoms with van der Waals surface area (Å²) in [6.45, 7) is 12.8. The third kappa shape index (κ3) is 26.9. The third-order valence-corrected chi connectivity index (χ3v) is 21.5. The van der Waals surface area contributed by atoms with Crippen molar-refractivity contribution < 1.29 is 53.6 Å². The van der Waals surface area contributed by atoms with Gasteiger partial charge in [0, 0.05) is 168 Å². The molecule has 0 bridgehead atoms. The maximum absolute atomic E-state index is 11.8. The van der Waals surface area contributed by atoms with Gasteiger partial charge < -0.3 is 89.6 Å². The van der Waals surface area contributed by atoms with Gasteiger partial charge in [-0.25, -0.2) is 44.7 Å². The minimum absolute atomic E-state index is 0.191. The molecule has 3 aliphatic rings. The van der Waals surface area contributed by atoms with Crippen LogP contribution >= 0.6 is 75.3 Å². The summed E-state index contributed by atoms with van der Waals surface area (Å²) in [6.07, 6.45) is 8.52. The summed E-state index contributed by atoms with van der Waals surface area (Å²) in [6, 6.07) is 46.6. The lowest BCUT2D eigenvalue weighted by Crippen LogP contribution is -2.49. The predicted molar refractivity (Wildman–Crippen MR) is 473 cm³/mol. The number of aliphatic hydroxyl groups excluding tert-OH is 4. The number of H-pyrrole nitrogens is 4. The Morgan fingerprint density at radius 3 is 1.20 bits per heavy atom. The minimum Gasteiger partial charge on any atom is -0.491 e. The van der Waals surface area contributed by atoms with Crippen LogP contribution in [0.1, 0.15) is 38.2 Å². The number of piperidine rings is 1. The molecule has 626 valence electrons. The van der Waals surface area contributed by atoms with Gasteiger partial charge in [-0.3, -0.25) is 9.80 Å². The Morgan fingerprint density at radius 1 is 0.479 bits per heavy atom. The van der Waals surface area contributed by atoms with Gasteiger partial charge in [-0.15, -0.1) is 0 Å². The van der Waals surface area contributed by atoms with Crippen LogP contribution in [-0.4, -0.2) is 256 Å². The quantitative estimate of drug-likeness (QED) is 0.0186. The van der Waals surface area contributed by atoms with Crippen molar-refractivity contribution in [2.75, 3.05) is 119 Å². The van der Waals surface area contributed by atoms with Crippen molar-refractivity contribution in [1.82, 2.24) is 90.5 Å². The van der Waals surface area contributed by atoms with Crippen LogP contribution in [0.5, 0.6) is 23.0 Å². The highest BCUT2D eigenvalue weighted by atomic mass is 79.9. The number of β-amino-alcohol motifs (C(OH)–C–C–N with tert-alkyl or cyclic N) is 1. The zero-order chi connectivity index (χ0) is 83.0. The van der Waals surface area contributed by atoms with Crippen LogP contribution in [-0.2, 0) is 16.0 Å². The van der Waals surface area contributed by atoms with E-state index in [1.54, 1.807) is 36.8 Å². The van der Waals surface area contributed by atoms with E-state index in [0.717, 1.165) is 177 Å². The molecular formula is C85H95Br4ClN18O11. The van der Waals surface area contributed by atoms with Crippen molar-refractivity contribution in [2.24, 2.45) is 0 Å². The highest BCUT2D eigenvalue weighted by Gasteiger charge is 2.26. The fourth-order valence-corrected chi connectivity index (χ4v) is 14.5. The van der Waals surface area contributed by atoms with Crippen LogP contribution in [0.4, 0.5) is 4.79 Å². The molecule has 11 N–H and O–H groups in total. The van der Waals surface area contributed by atoms with Gasteiger partial charge in [-0.1, -0.05) is 23.7 Å². The Morgan fingerprint density at radius 2 is 0.840 bits per heavy atom. The monoisotopic (exact) mass is 1890 g/mol. The first kappa shape index (κ1) is 87.7. The molecule has 0 spiro atoms. The summed E-state index contributed by atoms with van der Waals surface area (Å²) in [5.41, 5.74) is 11.0. The Hall–Kier alpha value is -9.14. The molecule has 10 heterocycles. The molecule has 13 aromatic rings. The van der Waals surface area contributed by atoms with E-state index in [4.69, 9.17) is 40.0 Å². The molecule has 119 heavy (non-hydrogen) atoms. The van der Waals surface area contributed by atoms with Gasteiger partial charge in [0.1, 0.15) is 119 Å². The number of pyridine rings is 4. The first-order valence-corrected chi connectivity index (χ1v) is 42.9. The van der Waals surface area contributed by atoms with Gasteiger partial charge in [-0.2, -0.15) is 0 Å². The van der Waals surface area contributed by atoms with Crippen LogP contribution in [0.3, 0.4) is 0 Å². The number of likely N-dealkylation sites (tertiary alicyclic amines) is 1. The fourth-order valence-electron chi connectivity index (χ4n) is 13.0. The van der Waals surface area contributed by atoms with E-state index in [1.165, 1.54) is 12.8 Å². The summed E-state index contributed by atoms with van der Waals surface area (Å²) in [5, 5.41) is 51.3. The smallest absolute Gasteiger partial charge is 0.409 e. The standard InChI is InChI=1S/C23H28BrN5O4.C22H20BrClN4O2.C22H28BrN5O3.C18H19BrN4O2/c1-2-32-23(31)29-9-7-17(8-10-29)25-13-18(30)14-33-19-5-3-15(4-6-19)21-27-20-11-16(24)12-26-22(20)28-21;23-16-9-20-22(26-11-16)28-21(27-20)15-4-6-19(7-5-15)30-13-18(29)12-25-10-14-2-1-3-17(24)8-14;1-30-11-10-27-6-8-28(9-7-27)14-18(29)15-31-19-4-2-16(3-5-19)21-25-20-12-17(23)13-24-22(20)26-21;19-12-7-16-18(21-8-12)23-17(22-16)11-1-5-15(6-2-11)25-10-14(24)9-20-13-3-4-13/h3-6,11-12,17-18,25,30H,2,7-10,13-14H2,1H3,(H,26,27,28);1-9,11,18,25,29H,10,12-13H2,(H,26,27,28);2-5,12-13,18,29H,6-11,14-15H2,1H3,(H,24,25,26);1-2,5-8,13-14,20,24H,3-4,9-10H2,(H,21,22,23). The van der Waals surface area contributed by atoms with Crippen molar-refractivity contribution in [1.29, 1.82) is 0 Å². The Balaban J connectivity index is 0.000000138. The molecule has 4 unspecified atom stereocenters. The van der Waals surface area contributed by atoms with Crippen LogP contribution in [0.25, 0.3) is 90.2 Å². The Labute approximate surface area is 726 Å². The minimum atomic E-state index is -0.632. The fraction of sp³-hybridized carbons (Fsp3) is 0.353. The number of halogens is 5.